The summed E-state index contributed by atoms with van der Waals surface area (Å²) in [5.41, 5.74) is 1.24. The molecule has 0 bridgehead atoms. The molecule has 1 heterocycles. The van der Waals surface area contributed by atoms with Crippen molar-refractivity contribution in [3.05, 3.63) is 35.9 Å². The van der Waals surface area contributed by atoms with Crippen molar-refractivity contribution in [1.29, 1.82) is 0 Å². The van der Waals surface area contributed by atoms with Crippen molar-refractivity contribution in [3.8, 4) is 0 Å². The fourth-order valence-corrected chi connectivity index (χ4v) is 3.77. The maximum Gasteiger partial charge on any atom is 0.241 e. The van der Waals surface area contributed by atoms with E-state index >= 15 is 0 Å². The molecule has 1 aliphatic carbocycles. The minimum atomic E-state index is -0.0428. The highest BCUT2D eigenvalue weighted by Gasteiger charge is 2.38. The normalized spacial score (nSPS) is 26.7. The molecular formula is C18H26N2O. The van der Waals surface area contributed by atoms with Crippen molar-refractivity contribution in [3.63, 3.8) is 0 Å². The van der Waals surface area contributed by atoms with Crippen molar-refractivity contribution in [2.24, 2.45) is 5.92 Å². The van der Waals surface area contributed by atoms with Gasteiger partial charge in [-0.05, 0) is 37.2 Å². The zero-order valence-corrected chi connectivity index (χ0v) is 12.9. The predicted octanol–water partition coefficient (Wildman–Crippen LogP) is 2.96. The summed E-state index contributed by atoms with van der Waals surface area (Å²) in [6.07, 6.45) is 7.29. The summed E-state index contributed by atoms with van der Waals surface area (Å²) in [6, 6.07) is 10.3. The van der Waals surface area contributed by atoms with E-state index in [9.17, 15) is 4.79 Å². The Morgan fingerprint density at radius 2 is 1.90 bits per heavy atom. The summed E-state index contributed by atoms with van der Waals surface area (Å²) in [4.78, 5) is 14.8. The van der Waals surface area contributed by atoms with E-state index in [1.54, 1.807) is 0 Å². The zero-order chi connectivity index (χ0) is 14.7. The maximum absolute atomic E-state index is 12.7. The molecule has 0 spiro atoms. The highest BCUT2D eigenvalue weighted by Crippen LogP contribution is 2.28. The number of benzene rings is 1. The number of hydrogen-bond donors (Lipinski definition) is 1. The van der Waals surface area contributed by atoms with Gasteiger partial charge in [0, 0.05) is 6.54 Å². The minimum absolute atomic E-state index is 0.0428. The van der Waals surface area contributed by atoms with Gasteiger partial charge in [0.15, 0.2) is 0 Å². The van der Waals surface area contributed by atoms with E-state index in [-0.39, 0.29) is 12.2 Å². The SMILES string of the molecule is CCC1NC(Cc2ccccc2)C(=O)N1CC1CCCC1. The van der Waals surface area contributed by atoms with Crippen LogP contribution in [0.1, 0.15) is 44.6 Å². The highest BCUT2D eigenvalue weighted by molar-refractivity contribution is 5.84. The third kappa shape index (κ3) is 3.29. The number of nitrogens with one attached hydrogen (secondary N) is 1. The molecule has 114 valence electrons. The summed E-state index contributed by atoms with van der Waals surface area (Å²) >= 11 is 0. The first-order chi connectivity index (χ1) is 10.3. The number of hydrogen-bond acceptors (Lipinski definition) is 2. The molecule has 1 aromatic carbocycles. The second-order valence-corrected chi connectivity index (χ2v) is 6.47. The van der Waals surface area contributed by atoms with Crippen molar-refractivity contribution in [2.75, 3.05) is 6.54 Å². The molecule has 3 nitrogen and oxygen atoms in total. The quantitative estimate of drug-likeness (QED) is 0.902. The van der Waals surface area contributed by atoms with Crippen molar-refractivity contribution in [1.82, 2.24) is 10.2 Å². The van der Waals surface area contributed by atoms with Crippen LogP contribution in [0, 0.1) is 5.92 Å². The van der Waals surface area contributed by atoms with Gasteiger partial charge < -0.3 is 4.90 Å². The first-order valence-electron chi connectivity index (χ1n) is 8.38. The van der Waals surface area contributed by atoms with E-state index in [1.807, 2.05) is 18.2 Å². The summed E-state index contributed by atoms with van der Waals surface area (Å²) in [5, 5.41) is 3.54. The number of rotatable bonds is 5. The topological polar surface area (TPSA) is 32.3 Å². The van der Waals surface area contributed by atoms with Crippen molar-refractivity contribution < 1.29 is 4.79 Å². The Morgan fingerprint density at radius 1 is 1.19 bits per heavy atom. The van der Waals surface area contributed by atoms with Gasteiger partial charge in [0.2, 0.25) is 5.91 Å². The average molecular weight is 286 g/mol. The molecule has 2 fully saturated rings. The second-order valence-electron chi connectivity index (χ2n) is 6.47. The average Bonchev–Trinajstić information content (AvgIpc) is 3.12. The van der Waals surface area contributed by atoms with Gasteiger partial charge in [-0.15, -0.1) is 0 Å². The molecule has 2 atom stereocenters. The second kappa shape index (κ2) is 6.61. The Hall–Kier alpha value is -1.35. The van der Waals surface area contributed by atoms with E-state index < -0.39 is 0 Å². The van der Waals surface area contributed by atoms with Crippen LogP contribution in [0.2, 0.25) is 0 Å². The van der Waals surface area contributed by atoms with Crippen LogP contribution in [0.5, 0.6) is 0 Å². The molecule has 3 heteroatoms. The third-order valence-electron chi connectivity index (χ3n) is 4.95. The summed E-state index contributed by atoms with van der Waals surface area (Å²) < 4.78 is 0. The lowest BCUT2D eigenvalue weighted by Crippen LogP contribution is -2.39. The first kappa shape index (κ1) is 14.6. The van der Waals surface area contributed by atoms with E-state index in [0.29, 0.717) is 5.91 Å². The molecule has 1 aliphatic heterocycles. The molecular weight excluding hydrogens is 260 g/mol. The predicted molar refractivity (Wildman–Crippen MR) is 84.8 cm³/mol. The van der Waals surface area contributed by atoms with E-state index in [0.717, 1.165) is 25.3 Å². The van der Waals surface area contributed by atoms with Gasteiger partial charge in [-0.1, -0.05) is 50.1 Å². The van der Waals surface area contributed by atoms with Crippen LogP contribution >= 0.6 is 0 Å². The number of carbonyl (C=O) groups is 1. The van der Waals surface area contributed by atoms with Gasteiger partial charge in [-0.25, -0.2) is 0 Å². The van der Waals surface area contributed by atoms with Crippen LogP contribution in [-0.4, -0.2) is 29.6 Å². The van der Waals surface area contributed by atoms with Crippen LogP contribution in [0.3, 0.4) is 0 Å². The maximum atomic E-state index is 12.7. The fraction of sp³-hybridized carbons (Fsp3) is 0.611. The molecule has 2 aliphatic rings. The zero-order valence-electron chi connectivity index (χ0n) is 12.9. The van der Waals surface area contributed by atoms with Gasteiger partial charge in [0.1, 0.15) is 0 Å². The van der Waals surface area contributed by atoms with E-state index in [4.69, 9.17) is 0 Å². The van der Waals surface area contributed by atoms with Crippen LogP contribution < -0.4 is 5.32 Å². The van der Waals surface area contributed by atoms with Crippen LogP contribution in [0.15, 0.2) is 30.3 Å². The molecule has 0 aromatic heterocycles. The molecule has 0 radical (unpaired) electrons. The minimum Gasteiger partial charge on any atom is -0.326 e. The Morgan fingerprint density at radius 3 is 2.57 bits per heavy atom. The van der Waals surface area contributed by atoms with E-state index in [2.05, 4.69) is 29.3 Å². The van der Waals surface area contributed by atoms with Gasteiger partial charge >= 0.3 is 0 Å². The van der Waals surface area contributed by atoms with Crippen LogP contribution in [0.25, 0.3) is 0 Å². The summed E-state index contributed by atoms with van der Waals surface area (Å²) in [7, 11) is 0. The lowest BCUT2D eigenvalue weighted by molar-refractivity contribution is -0.130. The molecule has 1 saturated heterocycles. The Balaban J connectivity index is 1.65. The molecule has 1 amide bonds. The van der Waals surface area contributed by atoms with Gasteiger partial charge in [-0.2, -0.15) is 0 Å². The third-order valence-corrected chi connectivity index (χ3v) is 4.95. The number of nitrogens with zero attached hydrogens (tertiary/aromatic N) is 1. The number of amides is 1. The lowest BCUT2D eigenvalue weighted by atomic mass is 10.1. The monoisotopic (exact) mass is 286 g/mol. The fourth-order valence-electron chi connectivity index (χ4n) is 3.77. The largest absolute Gasteiger partial charge is 0.326 e. The van der Waals surface area contributed by atoms with Crippen molar-refractivity contribution >= 4 is 5.91 Å². The highest BCUT2D eigenvalue weighted by atomic mass is 16.2. The Labute approximate surface area is 127 Å². The first-order valence-corrected chi connectivity index (χ1v) is 8.38. The molecule has 1 N–H and O–H groups in total. The lowest BCUT2D eigenvalue weighted by Gasteiger charge is -2.26. The van der Waals surface area contributed by atoms with E-state index in [1.165, 1.54) is 31.2 Å². The molecule has 3 rings (SSSR count). The van der Waals surface area contributed by atoms with Gasteiger partial charge in [0.05, 0.1) is 12.2 Å². The summed E-state index contributed by atoms with van der Waals surface area (Å²) in [6.45, 7) is 3.12. The van der Waals surface area contributed by atoms with Gasteiger partial charge in [0.25, 0.3) is 0 Å². The Bertz CT molecular complexity index is 467. The molecule has 21 heavy (non-hydrogen) atoms. The van der Waals surface area contributed by atoms with Crippen LogP contribution in [0.4, 0.5) is 0 Å². The van der Waals surface area contributed by atoms with Crippen LogP contribution in [-0.2, 0) is 11.2 Å². The molecule has 1 aromatic rings. The summed E-state index contributed by atoms with van der Waals surface area (Å²) in [5.74, 6) is 1.03. The number of carbonyl (C=O) groups excluding carboxylic acids is 1. The smallest absolute Gasteiger partial charge is 0.241 e. The van der Waals surface area contributed by atoms with Gasteiger partial charge in [-0.3, -0.25) is 10.1 Å². The Kier molecular flexibility index (Phi) is 4.59. The van der Waals surface area contributed by atoms with Crippen molar-refractivity contribution in [2.45, 2.75) is 57.7 Å². The molecule has 2 unspecified atom stereocenters. The standard InChI is InChI=1S/C18H26N2O/c1-2-17-19-16(12-14-8-4-3-5-9-14)18(21)20(17)13-15-10-6-7-11-15/h3-5,8-9,15-17,19H,2,6-7,10-13H2,1H3. The molecule has 1 saturated carbocycles.